The molecule has 110 valence electrons. The number of hydrogen-bond donors (Lipinski definition) is 1. The summed E-state index contributed by atoms with van der Waals surface area (Å²) < 4.78 is 0. The summed E-state index contributed by atoms with van der Waals surface area (Å²) in [4.78, 5) is 6.94. The first-order valence-corrected chi connectivity index (χ1v) is 8.05. The molecule has 0 spiro atoms. The lowest BCUT2D eigenvalue weighted by atomic mass is 9.86. The minimum atomic E-state index is -0.382. The molecule has 1 aromatic rings. The molecule has 0 aromatic carbocycles. The molecule has 0 radical (unpaired) electrons. The maximum Gasteiger partial charge on any atom is 0.128 e. The molecule has 2 aliphatic rings. The SMILES string of the molecule is CCC(C)c1ccc(N2CCC(O)(C3CC3)CC2)nc1. The van der Waals surface area contributed by atoms with Gasteiger partial charge in [0.2, 0.25) is 0 Å². The van der Waals surface area contributed by atoms with E-state index in [0.717, 1.165) is 38.2 Å². The van der Waals surface area contributed by atoms with Crippen LogP contribution in [0.1, 0.15) is 57.4 Å². The van der Waals surface area contributed by atoms with Crippen molar-refractivity contribution in [3.63, 3.8) is 0 Å². The van der Waals surface area contributed by atoms with Gasteiger partial charge in [-0.3, -0.25) is 0 Å². The zero-order valence-corrected chi connectivity index (χ0v) is 12.7. The number of nitrogens with zero attached hydrogens (tertiary/aromatic N) is 2. The summed E-state index contributed by atoms with van der Waals surface area (Å²) in [6.07, 6.45) is 7.40. The predicted molar refractivity (Wildman–Crippen MR) is 82.1 cm³/mol. The van der Waals surface area contributed by atoms with Crippen molar-refractivity contribution < 1.29 is 5.11 Å². The zero-order chi connectivity index (χ0) is 14.2. The van der Waals surface area contributed by atoms with Crippen molar-refractivity contribution in [3.05, 3.63) is 23.9 Å². The Morgan fingerprint density at radius 2 is 2.05 bits per heavy atom. The third-order valence-corrected chi connectivity index (χ3v) is 5.24. The van der Waals surface area contributed by atoms with Gasteiger partial charge in [-0.05, 0) is 55.6 Å². The number of piperidine rings is 1. The van der Waals surface area contributed by atoms with E-state index in [9.17, 15) is 5.11 Å². The van der Waals surface area contributed by atoms with E-state index < -0.39 is 0 Å². The predicted octanol–water partition coefficient (Wildman–Crippen LogP) is 3.34. The van der Waals surface area contributed by atoms with Crippen molar-refractivity contribution in [1.82, 2.24) is 4.98 Å². The fraction of sp³-hybridized carbons (Fsp3) is 0.706. The van der Waals surface area contributed by atoms with Crippen LogP contribution in [0.3, 0.4) is 0 Å². The maximum absolute atomic E-state index is 10.6. The number of pyridine rings is 1. The molecule has 1 atom stereocenters. The van der Waals surface area contributed by atoms with E-state index >= 15 is 0 Å². The van der Waals surface area contributed by atoms with Gasteiger partial charge in [0.1, 0.15) is 5.82 Å². The Morgan fingerprint density at radius 3 is 2.55 bits per heavy atom. The summed E-state index contributed by atoms with van der Waals surface area (Å²) in [6, 6.07) is 4.35. The van der Waals surface area contributed by atoms with Gasteiger partial charge in [0.05, 0.1) is 5.60 Å². The van der Waals surface area contributed by atoms with Gasteiger partial charge in [-0.2, -0.15) is 0 Å². The van der Waals surface area contributed by atoms with Crippen LogP contribution < -0.4 is 4.90 Å². The van der Waals surface area contributed by atoms with Crippen molar-refractivity contribution >= 4 is 5.82 Å². The monoisotopic (exact) mass is 274 g/mol. The highest BCUT2D eigenvalue weighted by Gasteiger charge is 2.45. The van der Waals surface area contributed by atoms with Crippen molar-refractivity contribution in [1.29, 1.82) is 0 Å². The highest BCUT2D eigenvalue weighted by atomic mass is 16.3. The largest absolute Gasteiger partial charge is 0.389 e. The van der Waals surface area contributed by atoms with Crippen LogP contribution in [0.25, 0.3) is 0 Å². The van der Waals surface area contributed by atoms with Gasteiger partial charge < -0.3 is 10.0 Å². The van der Waals surface area contributed by atoms with E-state index in [-0.39, 0.29) is 5.60 Å². The summed E-state index contributed by atoms with van der Waals surface area (Å²) in [5.41, 5.74) is 0.940. The molecular formula is C17H26N2O. The van der Waals surface area contributed by atoms with Crippen LogP contribution in [0.15, 0.2) is 18.3 Å². The summed E-state index contributed by atoms with van der Waals surface area (Å²) in [5, 5.41) is 10.6. The van der Waals surface area contributed by atoms with Crippen molar-refractivity contribution in [2.75, 3.05) is 18.0 Å². The molecule has 3 rings (SSSR count). The number of anilines is 1. The first-order valence-electron chi connectivity index (χ1n) is 8.05. The smallest absolute Gasteiger partial charge is 0.128 e. The molecule has 1 unspecified atom stereocenters. The molecule has 1 N–H and O–H groups in total. The quantitative estimate of drug-likeness (QED) is 0.915. The average molecular weight is 274 g/mol. The fourth-order valence-corrected chi connectivity index (χ4v) is 3.26. The average Bonchev–Trinajstić information content (AvgIpc) is 3.33. The highest BCUT2D eigenvalue weighted by molar-refractivity contribution is 5.40. The molecule has 2 heterocycles. The van der Waals surface area contributed by atoms with Crippen LogP contribution in [0.2, 0.25) is 0 Å². The van der Waals surface area contributed by atoms with Crippen molar-refractivity contribution in [2.45, 2.75) is 57.5 Å². The fourth-order valence-electron chi connectivity index (χ4n) is 3.26. The van der Waals surface area contributed by atoms with Gasteiger partial charge in [0, 0.05) is 19.3 Å². The number of aliphatic hydroxyl groups is 1. The molecule has 1 aliphatic carbocycles. The lowest BCUT2D eigenvalue weighted by Gasteiger charge is -2.39. The summed E-state index contributed by atoms with van der Waals surface area (Å²) in [7, 11) is 0. The molecule has 0 amide bonds. The van der Waals surface area contributed by atoms with E-state index in [1.54, 1.807) is 0 Å². The normalized spacial score (nSPS) is 23.6. The Morgan fingerprint density at radius 1 is 1.35 bits per heavy atom. The second kappa shape index (κ2) is 5.36. The summed E-state index contributed by atoms with van der Waals surface area (Å²) in [5.74, 6) is 2.22. The van der Waals surface area contributed by atoms with E-state index in [1.165, 1.54) is 18.4 Å². The Labute approximate surface area is 122 Å². The van der Waals surface area contributed by atoms with Crippen molar-refractivity contribution in [2.24, 2.45) is 5.92 Å². The minimum Gasteiger partial charge on any atom is -0.389 e. The van der Waals surface area contributed by atoms with Gasteiger partial charge in [0.15, 0.2) is 0 Å². The number of rotatable bonds is 4. The van der Waals surface area contributed by atoms with Gasteiger partial charge >= 0.3 is 0 Å². The Kier molecular flexibility index (Phi) is 3.72. The standard InChI is InChI=1S/C17H26N2O/c1-3-13(2)14-4-7-16(18-12-14)19-10-8-17(20,9-11-19)15-5-6-15/h4,7,12-13,15,20H,3,5-6,8-11H2,1-2H3. The van der Waals surface area contributed by atoms with E-state index in [0.29, 0.717) is 11.8 Å². The second-order valence-electron chi connectivity index (χ2n) is 6.62. The third-order valence-electron chi connectivity index (χ3n) is 5.24. The van der Waals surface area contributed by atoms with Gasteiger partial charge in [-0.25, -0.2) is 4.98 Å². The number of hydrogen-bond acceptors (Lipinski definition) is 3. The molecule has 1 saturated heterocycles. The highest BCUT2D eigenvalue weighted by Crippen LogP contribution is 2.45. The van der Waals surface area contributed by atoms with Crippen LogP contribution in [-0.4, -0.2) is 28.8 Å². The molecule has 1 aliphatic heterocycles. The van der Waals surface area contributed by atoms with E-state index in [1.807, 2.05) is 6.20 Å². The molecule has 3 heteroatoms. The molecule has 20 heavy (non-hydrogen) atoms. The summed E-state index contributed by atoms with van der Waals surface area (Å²) in [6.45, 7) is 6.32. The van der Waals surface area contributed by atoms with Gasteiger partial charge in [-0.15, -0.1) is 0 Å². The molecular weight excluding hydrogens is 248 g/mol. The number of aromatic nitrogens is 1. The van der Waals surface area contributed by atoms with Crippen LogP contribution in [0, 0.1) is 5.92 Å². The zero-order valence-electron chi connectivity index (χ0n) is 12.7. The minimum absolute atomic E-state index is 0.382. The second-order valence-corrected chi connectivity index (χ2v) is 6.62. The van der Waals surface area contributed by atoms with Crippen LogP contribution in [-0.2, 0) is 0 Å². The Bertz CT molecular complexity index is 445. The molecule has 0 bridgehead atoms. The Hall–Kier alpha value is -1.09. The third kappa shape index (κ3) is 2.69. The van der Waals surface area contributed by atoms with Crippen molar-refractivity contribution in [3.8, 4) is 0 Å². The molecule has 1 aromatic heterocycles. The summed E-state index contributed by atoms with van der Waals surface area (Å²) >= 11 is 0. The maximum atomic E-state index is 10.6. The van der Waals surface area contributed by atoms with Gasteiger partial charge in [-0.1, -0.05) is 19.9 Å². The Balaban J connectivity index is 1.63. The lowest BCUT2D eigenvalue weighted by molar-refractivity contribution is -0.00541. The van der Waals surface area contributed by atoms with Crippen LogP contribution >= 0.6 is 0 Å². The molecule has 2 fully saturated rings. The first-order chi connectivity index (χ1) is 9.62. The molecule has 3 nitrogen and oxygen atoms in total. The molecule has 1 saturated carbocycles. The lowest BCUT2D eigenvalue weighted by Crippen LogP contribution is -2.46. The van der Waals surface area contributed by atoms with E-state index in [4.69, 9.17) is 0 Å². The van der Waals surface area contributed by atoms with Gasteiger partial charge in [0.25, 0.3) is 0 Å². The topological polar surface area (TPSA) is 36.4 Å². The first kappa shape index (κ1) is 13.9. The van der Waals surface area contributed by atoms with Crippen LogP contribution in [0.4, 0.5) is 5.82 Å². The van der Waals surface area contributed by atoms with E-state index in [2.05, 4.69) is 35.9 Å². The van der Waals surface area contributed by atoms with Crippen LogP contribution in [0.5, 0.6) is 0 Å².